The molecule has 0 amide bonds. The lowest BCUT2D eigenvalue weighted by atomic mass is 10.1. The number of hydrogen-bond acceptors (Lipinski definition) is 5. The minimum Gasteiger partial charge on any atom is -0.436 e. The Labute approximate surface area is 115 Å². The summed E-state index contributed by atoms with van der Waals surface area (Å²) in [6.07, 6.45) is 0.949. The number of pyridine rings is 1. The van der Waals surface area contributed by atoms with Gasteiger partial charge < -0.3 is 8.83 Å². The first kappa shape index (κ1) is 11.8. The van der Waals surface area contributed by atoms with Crippen LogP contribution >= 0.6 is 0 Å². The summed E-state index contributed by atoms with van der Waals surface area (Å²) in [6.45, 7) is 0. The molecule has 21 heavy (non-hydrogen) atoms. The maximum absolute atomic E-state index is 13.2. The molecule has 6 heteroatoms. The van der Waals surface area contributed by atoms with Crippen LogP contribution in [0.1, 0.15) is 0 Å². The van der Waals surface area contributed by atoms with Crippen LogP contribution in [0.4, 0.5) is 4.39 Å². The Morgan fingerprint density at radius 1 is 1.05 bits per heavy atom. The highest BCUT2D eigenvalue weighted by Crippen LogP contribution is 2.23. The number of fused-ring (bicyclic) bond motifs is 4. The quantitative estimate of drug-likeness (QED) is 0.282. The van der Waals surface area contributed by atoms with E-state index in [2.05, 4.69) is 4.98 Å². The fourth-order valence-corrected chi connectivity index (χ4v) is 2.33. The van der Waals surface area contributed by atoms with Gasteiger partial charge in [0.1, 0.15) is 11.4 Å². The smallest absolute Gasteiger partial charge is 0.351 e. The first-order valence-electron chi connectivity index (χ1n) is 6.09. The highest BCUT2D eigenvalue weighted by atomic mass is 19.1. The van der Waals surface area contributed by atoms with Crippen molar-refractivity contribution < 1.29 is 13.2 Å². The van der Waals surface area contributed by atoms with Gasteiger partial charge in [-0.3, -0.25) is 4.79 Å². The van der Waals surface area contributed by atoms with Crippen molar-refractivity contribution >= 4 is 33.0 Å². The molecule has 0 N–H and O–H groups in total. The molecule has 1 aromatic carbocycles. The summed E-state index contributed by atoms with van der Waals surface area (Å²) < 4.78 is 23.9. The van der Waals surface area contributed by atoms with Gasteiger partial charge in [0.05, 0.1) is 17.0 Å². The minimum atomic E-state index is -0.816. The molecule has 0 unspecified atom stereocenters. The van der Waals surface area contributed by atoms with E-state index >= 15 is 0 Å². The van der Waals surface area contributed by atoms with Gasteiger partial charge in [0.15, 0.2) is 11.0 Å². The zero-order valence-corrected chi connectivity index (χ0v) is 10.4. The first-order valence-corrected chi connectivity index (χ1v) is 6.09. The molecule has 0 radical (unpaired) electrons. The Morgan fingerprint density at radius 2 is 1.86 bits per heavy atom. The Hall–Kier alpha value is -3.02. The normalized spacial score (nSPS) is 11.5. The summed E-state index contributed by atoms with van der Waals surface area (Å²) in [5, 5.41) is 0.149. The Balaban J connectivity index is 2.39. The number of rotatable bonds is 0. The Bertz CT molecular complexity index is 1140. The van der Waals surface area contributed by atoms with Crippen molar-refractivity contribution in [3.8, 4) is 0 Å². The summed E-state index contributed by atoms with van der Waals surface area (Å²) in [5.41, 5.74) is -1.09. The molecule has 0 aliphatic heterocycles. The summed E-state index contributed by atoms with van der Waals surface area (Å²) in [6, 6.07) is 7.67. The predicted molar refractivity (Wildman–Crippen MR) is 73.8 cm³/mol. The molecular formula is C15H6FNO4. The zero-order chi connectivity index (χ0) is 14.6. The second-order valence-electron chi connectivity index (χ2n) is 4.53. The molecular weight excluding hydrogens is 277 g/mol. The summed E-state index contributed by atoms with van der Waals surface area (Å²) >= 11 is 0. The van der Waals surface area contributed by atoms with Gasteiger partial charge in [0.2, 0.25) is 11.1 Å². The van der Waals surface area contributed by atoms with E-state index in [4.69, 9.17) is 8.83 Å². The van der Waals surface area contributed by atoms with Gasteiger partial charge in [-0.05, 0) is 18.2 Å². The molecule has 0 fully saturated rings. The van der Waals surface area contributed by atoms with Crippen LogP contribution in [0, 0.1) is 5.82 Å². The standard InChI is InChI=1S/C15H6FNO4/c16-7-5-9-12(18)11-13(21-14(9)17-6-7)8-3-1-2-4-10(8)20-15(11)19/h1-6H. The lowest BCUT2D eigenvalue weighted by Crippen LogP contribution is -2.13. The number of para-hydroxylation sites is 1. The number of benzene rings is 1. The van der Waals surface area contributed by atoms with Gasteiger partial charge in [-0.25, -0.2) is 14.2 Å². The lowest BCUT2D eigenvalue weighted by Gasteiger charge is -2.02. The predicted octanol–water partition coefficient (Wildman–Crippen LogP) is 2.59. The van der Waals surface area contributed by atoms with Crippen LogP contribution in [0.3, 0.4) is 0 Å². The van der Waals surface area contributed by atoms with Crippen LogP contribution in [0.5, 0.6) is 0 Å². The molecule has 4 aromatic rings. The van der Waals surface area contributed by atoms with Gasteiger partial charge in [-0.2, -0.15) is 0 Å². The maximum atomic E-state index is 13.2. The monoisotopic (exact) mass is 283 g/mol. The number of aromatic nitrogens is 1. The van der Waals surface area contributed by atoms with Crippen molar-refractivity contribution in [2.45, 2.75) is 0 Å². The van der Waals surface area contributed by atoms with Gasteiger partial charge in [-0.1, -0.05) is 12.1 Å². The van der Waals surface area contributed by atoms with E-state index in [-0.39, 0.29) is 22.1 Å². The molecule has 0 aliphatic carbocycles. The number of hydrogen-bond donors (Lipinski definition) is 0. The molecule has 0 saturated heterocycles. The van der Waals surface area contributed by atoms with Gasteiger partial charge in [-0.15, -0.1) is 0 Å². The summed E-state index contributed by atoms with van der Waals surface area (Å²) in [7, 11) is 0. The third kappa shape index (κ3) is 1.59. The second kappa shape index (κ2) is 3.99. The molecule has 5 nitrogen and oxygen atoms in total. The largest absolute Gasteiger partial charge is 0.436 e. The van der Waals surface area contributed by atoms with Crippen molar-refractivity contribution in [2.75, 3.05) is 0 Å². The van der Waals surface area contributed by atoms with Crippen LogP contribution in [0.25, 0.3) is 33.0 Å². The fourth-order valence-electron chi connectivity index (χ4n) is 2.33. The SMILES string of the molecule is O=c1oc2ccccc2c2oc3ncc(F)cc3c(=O)c12. The number of nitrogens with zero attached hydrogens (tertiary/aromatic N) is 1. The average molecular weight is 283 g/mol. The highest BCUT2D eigenvalue weighted by Gasteiger charge is 2.16. The van der Waals surface area contributed by atoms with E-state index < -0.39 is 16.9 Å². The van der Waals surface area contributed by atoms with Crippen molar-refractivity contribution in [1.82, 2.24) is 4.98 Å². The fraction of sp³-hybridized carbons (Fsp3) is 0. The molecule has 3 heterocycles. The van der Waals surface area contributed by atoms with E-state index in [1.165, 1.54) is 0 Å². The molecule has 102 valence electrons. The molecule has 0 bridgehead atoms. The first-order chi connectivity index (χ1) is 10.1. The molecule has 0 atom stereocenters. The number of halogens is 1. The molecule has 0 spiro atoms. The summed E-state index contributed by atoms with van der Waals surface area (Å²) in [4.78, 5) is 28.1. The zero-order valence-electron chi connectivity index (χ0n) is 10.4. The van der Waals surface area contributed by atoms with E-state index in [1.807, 2.05) is 0 Å². The third-order valence-electron chi connectivity index (χ3n) is 3.25. The lowest BCUT2D eigenvalue weighted by molar-refractivity contribution is 0.562. The van der Waals surface area contributed by atoms with Gasteiger partial charge in [0, 0.05) is 0 Å². The van der Waals surface area contributed by atoms with Crippen LogP contribution in [-0.2, 0) is 0 Å². The maximum Gasteiger partial charge on any atom is 0.351 e. The molecule has 0 saturated carbocycles. The van der Waals surface area contributed by atoms with Gasteiger partial charge in [0.25, 0.3) is 0 Å². The van der Waals surface area contributed by atoms with Crippen molar-refractivity contribution in [2.24, 2.45) is 0 Å². The summed E-state index contributed by atoms with van der Waals surface area (Å²) in [5.74, 6) is -0.681. The van der Waals surface area contributed by atoms with E-state index in [0.29, 0.717) is 11.0 Å². The van der Waals surface area contributed by atoms with Crippen LogP contribution in [0.2, 0.25) is 0 Å². The highest BCUT2D eigenvalue weighted by molar-refractivity contribution is 6.02. The van der Waals surface area contributed by atoms with Crippen molar-refractivity contribution in [3.05, 3.63) is 63.0 Å². The third-order valence-corrected chi connectivity index (χ3v) is 3.25. The Morgan fingerprint density at radius 3 is 2.71 bits per heavy atom. The van der Waals surface area contributed by atoms with Crippen LogP contribution < -0.4 is 11.1 Å². The van der Waals surface area contributed by atoms with Gasteiger partial charge >= 0.3 is 5.63 Å². The Kier molecular flexibility index (Phi) is 2.24. The topological polar surface area (TPSA) is 73.3 Å². The van der Waals surface area contributed by atoms with Crippen molar-refractivity contribution in [1.29, 1.82) is 0 Å². The second-order valence-corrected chi connectivity index (χ2v) is 4.53. The van der Waals surface area contributed by atoms with E-state index in [9.17, 15) is 14.0 Å². The average Bonchev–Trinajstić information content (AvgIpc) is 2.48. The van der Waals surface area contributed by atoms with Crippen molar-refractivity contribution in [3.63, 3.8) is 0 Å². The van der Waals surface area contributed by atoms with Crippen LogP contribution in [0.15, 0.2) is 55.0 Å². The van der Waals surface area contributed by atoms with E-state index in [0.717, 1.165) is 12.3 Å². The minimum absolute atomic E-state index is 0.0235. The molecule has 3 aromatic heterocycles. The molecule has 0 aliphatic rings. The molecule has 4 rings (SSSR count). The van der Waals surface area contributed by atoms with Crippen LogP contribution in [-0.4, -0.2) is 4.98 Å². The van der Waals surface area contributed by atoms with E-state index in [1.54, 1.807) is 24.3 Å².